The third-order valence-electron chi connectivity index (χ3n) is 6.13. The second-order valence-electron chi connectivity index (χ2n) is 8.60. The summed E-state index contributed by atoms with van der Waals surface area (Å²) in [5, 5.41) is 11.9. The summed E-state index contributed by atoms with van der Waals surface area (Å²) < 4.78 is 7.19. The summed E-state index contributed by atoms with van der Waals surface area (Å²) in [6, 6.07) is 37.7. The molecule has 0 saturated heterocycles. The fourth-order valence-corrected chi connectivity index (χ4v) is 4.25. The monoisotopic (exact) mass is 459 g/mol. The summed E-state index contributed by atoms with van der Waals surface area (Å²) in [6.07, 6.45) is 1.98. The summed E-state index contributed by atoms with van der Waals surface area (Å²) in [7, 11) is 1.64. The van der Waals surface area contributed by atoms with Crippen LogP contribution in [0.15, 0.2) is 126 Å². The number of aliphatic imine (C=N–C) groups is 1. The van der Waals surface area contributed by atoms with Crippen LogP contribution in [-0.2, 0) is 0 Å². The van der Waals surface area contributed by atoms with Crippen molar-refractivity contribution < 1.29 is 14.4 Å². The fourth-order valence-electron chi connectivity index (χ4n) is 4.25. The highest BCUT2D eigenvalue weighted by Gasteiger charge is 2.46. The molecule has 0 aliphatic carbocycles. The largest absolute Gasteiger partial charge is 0.497 e. The molecule has 4 aromatic rings. The first-order valence-corrected chi connectivity index (χ1v) is 11.6. The zero-order valence-corrected chi connectivity index (χ0v) is 19.8. The van der Waals surface area contributed by atoms with E-state index in [9.17, 15) is 5.11 Å². The van der Waals surface area contributed by atoms with Gasteiger partial charge in [0.15, 0.2) is 11.8 Å². The van der Waals surface area contributed by atoms with Crippen LogP contribution in [0.1, 0.15) is 23.6 Å². The van der Waals surface area contributed by atoms with Gasteiger partial charge in [0.25, 0.3) is 0 Å². The predicted octanol–water partition coefficient (Wildman–Crippen LogP) is 6.65. The van der Waals surface area contributed by atoms with Crippen LogP contribution >= 0.6 is 0 Å². The van der Waals surface area contributed by atoms with Gasteiger partial charge in [-0.3, -0.25) is 4.99 Å². The molecule has 5 rings (SSSR count). The number of aliphatic hydroxyl groups excluding tert-OH is 1. The lowest BCUT2D eigenvalue weighted by atomic mass is 9.97. The molecule has 4 heteroatoms. The molecule has 0 bridgehead atoms. The van der Waals surface area contributed by atoms with E-state index >= 15 is 0 Å². The van der Waals surface area contributed by atoms with Gasteiger partial charge in [-0.1, -0.05) is 91.0 Å². The molecule has 1 N–H and O–H groups in total. The molecule has 0 amide bonds. The van der Waals surface area contributed by atoms with Crippen LogP contribution in [0.2, 0.25) is 0 Å². The minimum absolute atomic E-state index is 0.128. The van der Waals surface area contributed by atoms with Crippen molar-refractivity contribution in [1.82, 2.24) is 0 Å². The zero-order chi connectivity index (χ0) is 24.3. The molecule has 0 aromatic heterocycles. The van der Waals surface area contributed by atoms with Crippen LogP contribution in [0.5, 0.6) is 5.75 Å². The molecule has 1 aliphatic rings. The van der Waals surface area contributed by atoms with E-state index in [1.54, 1.807) is 7.11 Å². The van der Waals surface area contributed by atoms with Gasteiger partial charge in [0.2, 0.25) is 5.69 Å². The summed E-state index contributed by atoms with van der Waals surface area (Å²) in [6.45, 7) is 2.06. The normalized spacial score (nSPS) is 16.9. The van der Waals surface area contributed by atoms with Crippen LogP contribution in [0.4, 0.5) is 5.69 Å². The highest BCUT2D eigenvalue weighted by Crippen LogP contribution is 2.34. The molecule has 35 heavy (non-hydrogen) atoms. The molecule has 1 aliphatic heterocycles. The lowest BCUT2D eigenvalue weighted by Crippen LogP contribution is -2.24. The number of nitrogens with zero attached hydrogens (tertiary/aromatic N) is 2. The molecule has 0 spiro atoms. The van der Waals surface area contributed by atoms with Crippen molar-refractivity contribution in [2.75, 3.05) is 7.11 Å². The van der Waals surface area contributed by atoms with E-state index in [-0.39, 0.29) is 5.88 Å². The Morgan fingerprint density at radius 3 is 1.80 bits per heavy atom. The maximum absolute atomic E-state index is 11.9. The van der Waals surface area contributed by atoms with Gasteiger partial charge in [-0.25, -0.2) is 0 Å². The quantitative estimate of drug-likeness (QED) is 0.191. The van der Waals surface area contributed by atoms with E-state index in [0.29, 0.717) is 0 Å². The minimum atomic E-state index is -0.534. The predicted molar refractivity (Wildman–Crippen MR) is 142 cm³/mol. The molecule has 4 aromatic carbocycles. The average Bonchev–Trinajstić information content (AvgIpc) is 3.60. The summed E-state index contributed by atoms with van der Waals surface area (Å²) in [4.78, 5) is 4.80. The zero-order valence-electron chi connectivity index (χ0n) is 19.8. The lowest BCUT2D eigenvalue weighted by Gasteiger charge is -2.11. The van der Waals surface area contributed by atoms with Crippen LogP contribution in [0, 0.1) is 0 Å². The molecule has 172 valence electrons. The highest BCUT2D eigenvalue weighted by atomic mass is 16.5. The first-order valence-electron chi connectivity index (χ1n) is 11.6. The fraction of sp³-hybridized carbons (Fsp3) is 0.0968. The summed E-state index contributed by atoms with van der Waals surface area (Å²) in [5.74, 6) is 0.880. The van der Waals surface area contributed by atoms with Crippen LogP contribution in [0.25, 0.3) is 5.57 Å². The van der Waals surface area contributed by atoms with Crippen molar-refractivity contribution in [1.29, 1.82) is 0 Å². The van der Waals surface area contributed by atoms with Crippen molar-refractivity contribution in [3.63, 3.8) is 0 Å². The number of aliphatic hydroxyl groups is 1. The molecule has 1 unspecified atom stereocenters. The molecule has 0 radical (unpaired) electrons. The lowest BCUT2D eigenvalue weighted by molar-refractivity contribution is -0.415. The smallest absolute Gasteiger partial charge is 0.379 e. The van der Waals surface area contributed by atoms with Gasteiger partial charge in [-0.2, -0.15) is 0 Å². The van der Waals surface area contributed by atoms with E-state index in [4.69, 9.17) is 9.73 Å². The van der Waals surface area contributed by atoms with Gasteiger partial charge >= 0.3 is 5.88 Å². The second kappa shape index (κ2) is 9.43. The molecule has 0 fully saturated rings. The van der Waals surface area contributed by atoms with Crippen LogP contribution in [0.3, 0.4) is 0 Å². The third kappa shape index (κ3) is 4.64. The Kier molecular flexibility index (Phi) is 6.02. The highest BCUT2D eigenvalue weighted by molar-refractivity contribution is 6.25. The van der Waals surface area contributed by atoms with Gasteiger partial charge in [0, 0.05) is 12.1 Å². The Labute approximate surface area is 205 Å². The molecular weight excluding hydrogens is 432 g/mol. The third-order valence-corrected chi connectivity index (χ3v) is 6.13. The van der Waals surface area contributed by atoms with Crippen LogP contribution < -0.4 is 4.74 Å². The van der Waals surface area contributed by atoms with E-state index in [2.05, 4.69) is 19.1 Å². The summed E-state index contributed by atoms with van der Waals surface area (Å²) in [5.41, 5.74) is 4.93. The minimum Gasteiger partial charge on any atom is -0.497 e. The van der Waals surface area contributed by atoms with Gasteiger partial charge in [0.05, 0.1) is 12.8 Å². The number of ether oxygens (including phenoxy) is 1. The Hall–Kier alpha value is -4.44. The Morgan fingerprint density at radius 2 is 1.29 bits per heavy atom. The number of hydrogen-bond acceptors (Lipinski definition) is 3. The maximum Gasteiger partial charge on any atom is 0.379 e. The van der Waals surface area contributed by atoms with Crippen molar-refractivity contribution in [2.24, 2.45) is 4.99 Å². The second-order valence-corrected chi connectivity index (χ2v) is 8.60. The molecule has 4 nitrogen and oxygen atoms in total. The number of rotatable bonds is 7. The molecular formula is C31H27N2O2+. The first-order chi connectivity index (χ1) is 17.1. The van der Waals surface area contributed by atoms with E-state index in [1.165, 1.54) is 0 Å². The first kappa shape index (κ1) is 22.4. The van der Waals surface area contributed by atoms with Gasteiger partial charge in [-0.05, 0) is 35.7 Å². The van der Waals surface area contributed by atoms with E-state index < -0.39 is 5.54 Å². The van der Waals surface area contributed by atoms with Crippen LogP contribution in [-0.4, -0.2) is 34.3 Å². The Morgan fingerprint density at radius 1 is 0.771 bits per heavy atom. The van der Waals surface area contributed by atoms with Gasteiger partial charge < -0.3 is 9.84 Å². The van der Waals surface area contributed by atoms with Crippen molar-refractivity contribution in [2.45, 2.75) is 12.5 Å². The number of methoxy groups -OCH3 is 1. The number of hydrogen-bond donors (Lipinski definition) is 1. The molecule has 0 saturated carbocycles. The molecule has 1 heterocycles. The van der Waals surface area contributed by atoms with Gasteiger partial charge in [-0.15, -0.1) is 4.58 Å². The Bertz CT molecular complexity index is 1370. The van der Waals surface area contributed by atoms with Crippen molar-refractivity contribution >= 4 is 23.2 Å². The van der Waals surface area contributed by atoms with E-state index in [0.717, 1.165) is 39.4 Å². The van der Waals surface area contributed by atoms with Crippen molar-refractivity contribution in [3.05, 3.63) is 138 Å². The standard InChI is InChI=1S/C31H26N2O2/c1-31(29(32-31)25-16-10-5-11-17-25)22-33(26-18-20-27(35-2)21-19-26)30(34)28(23-12-6-3-7-13-23)24-14-8-4-9-15-24/h3-22H,1-2H3/p+1/b33-22+. The van der Waals surface area contributed by atoms with Gasteiger partial charge in [0.1, 0.15) is 11.3 Å². The average molecular weight is 460 g/mol. The Balaban J connectivity index is 1.68. The summed E-state index contributed by atoms with van der Waals surface area (Å²) >= 11 is 0. The number of benzene rings is 4. The maximum atomic E-state index is 11.9. The SMILES string of the molecule is COc1ccc(/[N+](=C\C2(C)N=C2c2ccccc2)C(O)=C(c2ccccc2)c2ccccc2)cc1. The molecule has 1 atom stereocenters. The van der Waals surface area contributed by atoms with Crippen molar-refractivity contribution in [3.8, 4) is 5.75 Å². The van der Waals surface area contributed by atoms with E-state index in [1.807, 2.05) is 114 Å². The topological polar surface area (TPSA) is 44.8 Å².